The van der Waals surface area contributed by atoms with Gasteiger partial charge in [0.2, 0.25) is 0 Å². The Morgan fingerprint density at radius 2 is 2.30 bits per heavy atom. The quantitative estimate of drug-likeness (QED) is 0.766. The van der Waals surface area contributed by atoms with Crippen LogP contribution in [0.2, 0.25) is 0 Å². The van der Waals surface area contributed by atoms with Gasteiger partial charge in [-0.3, -0.25) is 0 Å². The van der Waals surface area contributed by atoms with Crippen LogP contribution in [0.25, 0.3) is 0 Å². The van der Waals surface area contributed by atoms with Crippen LogP contribution in [0.4, 0.5) is 0 Å². The van der Waals surface area contributed by atoms with Gasteiger partial charge >= 0.3 is 0 Å². The number of hydrogen-bond donors (Lipinski definition) is 1. The van der Waals surface area contributed by atoms with Gasteiger partial charge in [-0.1, -0.05) is 13.0 Å². The standard InChI is InChI=1S/C16H25N3S/c1-3-17-14(7-5-8-15-9-6-12-20-15)13-16-18-10-11-19(16)4-2/h6,9-12,14,17H,3-5,7-8,13H2,1-2H3. The zero-order valence-electron chi connectivity index (χ0n) is 12.5. The fourth-order valence-electron chi connectivity index (χ4n) is 2.58. The van der Waals surface area contributed by atoms with Gasteiger partial charge in [-0.2, -0.15) is 0 Å². The lowest BCUT2D eigenvalue weighted by molar-refractivity contribution is 0.461. The molecule has 20 heavy (non-hydrogen) atoms. The SMILES string of the molecule is CCNC(CCCc1cccs1)Cc1nccn1CC. The third-order valence-electron chi connectivity index (χ3n) is 3.62. The Labute approximate surface area is 126 Å². The van der Waals surface area contributed by atoms with Gasteiger partial charge in [-0.15, -0.1) is 11.3 Å². The zero-order valence-corrected chi connectivity index (χ0v) is 13.3. The Morgan fingerprint density at radius 1 is 1.40 bits per heavy atom. The number of hydrogen-bond acceptors (Lipinski definition) is 3. The molecule has 0 radical (unpaired) electrons. The minimum absolute atomic E-state index is 0.535. The summed E-state index contributed by atoms with van der Waals surface area (Å²) in [5, 5.41) is 5.76. The normalized spacial score (nSPS) is 12.7. The highest BCUT2D eigenvalue weighted by atomic mass is 32.1. The first-order chi connectivity index (χ1) is 9.83. The second-order valence-electron chi connectivity index (χ2n) is 5.06. The third kappa shape index (κ3) is 4.46. The van der Waals surface area contributed by atoms with Gasteiger partial charge in [0.1, 0.15) is 5.82 Å². The minimum Gasteiger partial charge on any atom is -0.335 e. The molecule has 0 bridgehead atoms. The van der Waals surface area contributed by atoms with Crippen molar-refractivity contribution in [2.75, 3.05) is 6.54 Å². The van der Waals surface area contributed by atoms with Crippen LogP contribution in [0.5, 0.6) is 0 Å². The highest BCUT2D eigenvalue weighted by molar-refractivity contribution is 7.09. The number of nitrogens with one attached hydrogen (secondary N) is 1. The molecule has 0 amide bonds. The maximum Gasteiger partial charge on any atom is 0.110 e. The number of likely N-dealkylation sites (N-methyl/N-ethyl adjacent to an activating group) is 1. The highest BCUT2D eigenvalue weighted by Gasteiger charge is 2.12. The number of rotatable bonds is 9. The number of imidazole rings is 1. The lowest BCUT2D eigenvalue weighted by Crippen LogP contribution is -2.32. The van der Waals surface area contributed by atoms with E-state index in [-0.39, 0.29) is 0 Å². The first-order valence-corrected chi connectivity index (χ1v) is 8.47. The van der Waals surface area contributed by atoms with E-state index < -0.39 is 0 Å². The molecule has 0 saturated heterocycles. The highest BCUT2D eigenvalue weighted by Crippen LogP contribution is 2.14. The summed E-state index contributed by atoms with van der Waals surface area (Å²) in [6.45, 7) is 6.38. The van der Waals surface area contributed by atoms with E-state index in [1.54, 1.807) is 0 Å². The molecule has 2 aromatic rings. The molecule has 0 aliphatic carbocycles. The van der Waals surface area contributed by atoms with Crippen LogP contribution in [0.15, 0.2) is 29.9 Å². The summed E-state index contributed by atoms with van der Waals surface area (Å²) < 4.78 is 2.24. The van der Waals surface area contributed by atoms with Crippen molar-refractivity contribution < 1.29 is 0 Å². The molecule has 0 aromatic carbocycles. The molecule has 0 spiro atoms. The molecule has 3 nitrogen and oxygen atoms in total. The monoisotopic (exact) mass is 291 g/mol. The number of nitrogens with zero attached hydrogens (tertiary/aromatic N) is 2. The van der Waals surface area contributed by atoms with Crippen LogP contribution in [0.1, 0.15) is 37.4 Å². The van der Waals surface area contributed by atoms with E-state index in [1.165, 1.54) is 30.0 Å². The van der Waals surface area contributed by atoms with E-state index in [2.05, 4.69) is 52.4 Å². The Bertz CT molecular complexity index is 476. The van der Waals surface area contributed by atoms with Crippen LogP contribution in [0.3, 0.4) is 0 Å². The Balaban J connectivity index is 1.83. The predicted molar refractivity (Wildman–Crippen MR) is 86.3 cm³/mol. The van der Waals surface area contributed by atoms with E-state index in [4.69, 9.17) is 0 Å². The third-order valence-corrected chi connectivity index (χ3v) is 4.56. The van der Waals surface area contributed by atoms with Gasteiger partial charge in [0.15, 0.2) is 0 Å². The molecule has 0 aliphatic rings. The summed E-state index contributed by atoms with van der Waals surface area (Å²) in [6.07, 6.45) is 8.66. The van der Waals surface area contributed by atoms with Crippen LogP contribution in [-0.2, 0) is 19.4 Å². The number of aromatic nitrogens is 2. The molecular formula is C16H25N3S. The largest absolute Gasteiger partial charge is 0.335 e. The van der Waals surface area contributed by atoms with Crippen molar-refractivity contribution in [3.8, 4) is 0 Å². The number of aryl methyl sites for hydroxylation is 2. The average molecular weight is 291 g/mol. The smallest absolute Gasteiger partial charge is 0.110 e. The predicted octanol–water partition coefficient (Wildman–Crippen LogP) is 3.51. The summed E-state index contributed by atoms with van der Waals surface area (Å²) in [7, 11) is 0. The molecule has 0 saturated carbocycles. The van der Waals surface area contributed by atoms with Gasteiger partial charge in [0, 0.05) is 36.3 Å². The topological polar surface area (TPSA) is 29.9 Å². The van der Waals surface area contributed by atoms with E-state index in [0.717, 1.165) is 19.5 Å². The molecule has 2 heterocycles. The molecule has 1 N–H and O–H groups in total. The van der Waals surface area contributed by atoms with Gasteiger partial charge in [-0.05, 0) is 44.2 Å². The molecule has 0 aliphatic heterocycles. The molecule has 110 valence electrons. The summed E-state index contributed by atoms with van der Waals surface area (Å²) in [5.74, 6) is 1.20. The van der Waals surface area contributed by atoms with Gasteiger partial charge < -0.3 is 9.88 Å². The molecule has 4 heteroatoms. The van der Waals surface area contributed by atoms with E-state index >= 15 is 0 Å². The average Bonchev–Trinajstić information content (AvgIpc) is 3.10. The van der Waals surface area contributed by atoms with Crippen molar-refractivity contribution in [1.82, 2.24) is 14.9 Å². The summed E-state index contributed by atoms with van der Waals surface area (Å²) >= 11 is 1.86. The van der Waals surface area contributed by atoms with Crippen LogP contribution >= 0.6 is 11.3 Å². The van der Waals surface area contributed by atoms with E-state index in [1.807, 2.05) is 17.5 Å². The summed E-state index contributed by atoms with van der Waals surface area (Å²) in [6, 6.07) is 4.91. The van der Waals surface area contributed by atoms with Crippen molar-refractivity contribution in [2.45, 2.75) is 52.1 Å². The van der Waals surface area contributed by atoms with Gasteiger partial charge in [0.25, 0.3) is 0 Å². The number of thiophene rings is 1. The van der Waals surface area contributed by atoms with Gasteiger partial charge in [0.05, 0.1) is 0 Å². The summed E-state index contributed by atoms with van der Waals surface area (Å²) in [4.78, 5) is 5.99. The zero-order chi connectivity index (χ0) is 14.2. The van der Waals surface area contributed by atoms with Crippen molar-refractivity contribution in [3.05, 3.63) is 40.6 Å². The Morgan fingerprint density at radius 3 is 3.00 bits per heavy atom. The minimum atomic E-state index is 0.535. The molecule has 1 unspecified atom stereocenters. The fourth-order valence-corrected chi connectivity index (χ4v) is 3.33. The van der Waals surface area contributed by atoms with E-state index in [0.29, 0.717) is 6.04 Å². The lowest BCUT2D eigenvalue weighted by atomic mass is 10.1. The van der Waals surface area contributed by atoms with E-state index in [9.17, 15) is 0 Å². The Kier molecular flexibility index (Phi) is 6.27. The molecule has 1 atom stereocenters. The lowest BCUT2D eigenvalue weighted by Gasteiger charge is -2.18. The van der Waals surface area contributed by atoms with Crippen LogP contribution < -0.4 is 5.32 Å². The van der Waals surface area contributed by atoms with Crippen LogP contribution in [-0.4, -0.2) is 22.1 Å². The molecule has 2 aromatic heterocycles. The molecule has 0 fully saturated rings. The first-order valence-electron chi connectivity index (χ1n) is 7.59. The molecule has 2 rings (SSSR count). The van der Waals surface area contributed by atoms with Crippen molar-refractivity contribution >= 4 is 11.3 Å². The second kappa shape index (κ2) is 8.22. The molecular weight excluding hydrogens is 266 g/mol. The second-order valence-corrected chi connectivity index (χ2v) is 6.09. The maximum absolute atomic E-state index is 4.49. The first kappa shape index (κ1) is 15.3. The fraction of sp³-hybridized carbons (Fsp3) is 0.562. The van der Waals surface area contributed by atoms with Gasteiger partial charge in [-0.25, -0.2) is 4.98 Å². The van der Waals surface area contributed by atoms with Crippen molar-refractivity contribution in [1.29, 1.82) is 0 Å². The summed E-state index contributed by atoms with van der Waals surface area (Å²) in [5.41, 5.74) is 0. The Hall–Kier alpha value is -1.13. The van der Waals surface area contributed by atoms with Crippen LogP contribution in [0, 0.1) is 0 Å². The van der Waals surface area contributed by atoms with Crippen molar-refractivity contribution in [3.63, 3.8) is 0 Å². The maximum atomic E-state index is 4.49. The van der Waals surface area contributed by atoms with Crippen molar-refractivity contribution in [2.24, 2.45) is 0 Å².